The molecule has 0 aliphatic rings. The van der Waals surface area contributed by atoms with E-state index in [1.807, 2.05) is 0 Å². The van der Waals surface area contributed by atoms with E-state index in [0.29, 0.717) is 17.6 Å². The van der Waals surface area contributed by atoms with Crippen LogP contribution >= 0.6 is 0 Å². The maximum atomic E-state index is 12.6. The van der Waals surface area contributed by atoms with Crippen molar-refractivity contribution in [3.05, 3.63) is 0 Å². The zero-order chi connectivity index (χ0) is 13.6. The van der Waals surface area contributed by atoms with E-state index in [1.54, 1.807) is 0 Å². The van der Waals surface area contributed by atoms with Crippen molar-refractivity contribution in [3.8, 4) is 0 Å². The monoisotopic (exact) mass is 241 g/mol. The summed E-state index contributed by atoms with van der Waals surface area (Å²) in [5.41, 5.74) is -0.236. The molecule has 0 radical (unpaired) electrons. The van der Waals surface area contributed by atoms with Crippen LogP contribution in [0.15, 0.2) is 0 Å². The fraction of sp³-hybridized carbons (Fsp3) is 0.933. The topological polar surface area (TPSA) is 29.1 Å². The summed E-state index contributed by atoms with van der Waals surface area (Å²) in [5.74, 6) is 1.30. The summed E-state index contributed by atoms with van der Waals surface area (Å²) in [7, 11) is 0. The number of carbonyl (C=O) groups excluding carboxylic acids is 1. The molecule has 0 bridgehead atoms. The van der Waals surface area contributed by atoms with Crippen LogP contribution in [0.1, 0.15) is 61.3 Å². The molecule has 0 unspecified atom stereocenters. The number of rotatable bonds is 8. The second kappa shape index (κ2) is 7.15. The summed E-state index contributed by atoms with van der Waals surface area (Å²) in [5, 5.41) is 3.41. The lowest BCUT2D eigenvalue weighted by Gasteiger charge is -2.33. The minimum atomic E-state index is -0.236. The van der Waals surface area contributed by atoms with Crippen molar-refractivity contribution < 1.29 is 4.79 Å². The molecule has 1 N–H and O–H groups in total. The zero-order valence-electron chi connectivity index (χ0n) is 12.8. The molecule has 0 spiro atoms. The minimum Gasteiger partial charge on any atom is -0.307 e. The van der Waals surface area contributed by atoms with Crippen molar-refractivity contribution in [1.82, 2.24) is 5.32 Å². The molecule has 0 saturated heterocycles. The largest absolute Gasteiger partial charge is 0.307 e. The number of hydrogen-bond donors (Lipinski definition) is 1. The lowest BCUT2D eigenvalue weighted by atomic mass is 9.74. The summed E-state index contributed by atoms with van der Waals surface area (Å²) >= 11 is 0. The van der Waals surface area contributed by atoms with Crippen LogP contribution in [0.5, 0.6) is 0 Å². The number of Topliss-reactive ketones (excluding diaryl/α,β-unsaturated/α-hetero) is 1. The second-order valence-electron chi connectivity index (χ2n) is 6.38. The van der Waals surface area contributed by atoms with Gasteiger partial charge in [0.15, 0.2) is 5.78 Å². The normalized spacial score (nSPS) is 14.4. The van der Waals surface area contributed by atoms with E-state index in [1.165, 1.54) is 0 Å². The van der Waals surface area contributed by atoms with Crippen LogP contribution < -0.4 is 5.32 Å². The second-order valence-corrected chi connectivity index (χ2v) is 6.38. The van der Waals surface area contributed by atoms with E-state index in [0.717, 1.165) is 19.4 Å². The number of hydrogen-bond acceptors (Lipinski definition) is 2. The molecule has 0 fully saturated rings. The number of nitrogens with one attached hydrogen (secondary N) is 1. The molecular formula is C15H31NO. The summed E-state index contributed by atoms with van der Waals surface area (Å²) in [6, 6.07) is 0.0207. The average molecular weight is 241 g/mol. The van der Waals surface area contributed by atoms with Crippen LogP contribution in [-0.2, 0) is 4.79 Å². The van der Waals surface area contributed by atoms with E-state index < -0.39 is 0 Å². The van der Waals surface area contributed by atoms with Crippen LogP contribution in [0, 0.1) is 17.3 Å². The van der Waals surface area contributed by atoms with Gasteiger partial charge in [0.1, 0.15) is 0 Å². The van der Waals surface area contributed by atoms with Crippen LogP contribution in [0.3, 0.4) is 0 Å². The third-order valence-corrected chi connectivity index (χ3v) is 3.74. The highest BCUT2D eigenvalue weighted by Crippen LogP contribution is 2.29. The number of ketones is 1. The van der Waals surface area contributed by atoms with Crippen molar-refractivity contribution >= 4 is 5.78 Å². The summed E-state index contributed by atoms with van der Waals surface area (Å²) in [6.07, 6.45) is 2.01. The first-order valence-corrected chi connectivity index (χ1v) is 7.01. The van der Waals surface area contributed by atoms with Crippen molar-refractivity contribution in [2.24, 2.45) is 17.3 Å². The van der Waals surface area contributed by atoms with Crippen molar-refractivity contribution in [2.75, 3.05) is 6.54 Å². The molecule has 0 aromatic carbocycles. The molecule has 0 aromatic heterocycles. The highest BCUT2D eigenvalue weighted by molar-refractivity contribution is 5.89. The Bertz CT molecular complexity index is 231. The smallest absolute Gasteiger partial charge is 0.155 e. The molecule has 17 heavy (non-hydrogen) atoms. The highest BCUT2D eigenvalue weighted by Gasteiger charge is 2.35. The maximum Gasteiger partial charge on any atom is 0.155 e. The molecule has 2 heteroatoms. The van der Waals surface area contributed by atoms with Crippen LogP contribution in [0.4, 0.5) is 0 Å². The average Bonchev–Trinajstić information content (AvgIpc) is 2.22. The SMILES string of the molecule is CCCN[C@H](CC(C)C)C(=O)C(C)(C)C(C)C. The first-order chi connectivity index (χ1) is 7.73. The van der Waals surface area contributed by atoms with E-state index in [4.69, 9.17) is 0 Å². The molecule has 0 aromatic rings. The van der Waals surface area contributed by atoms with Crippen LogP contribution in [0.25, 0.3) is 0 Å². The lowest BCUT2D eigenvalue weighted by Crippen LogP contribution is -2.46. The molecule has 1 atom stereocenters. The first-order valence-electron chi connectivity index (χ1n) is 7.01. The minimum absolute atomic E-state index is 0.0207. The molecule has 102 valence electrons. The van der Waals surface area contributed by atoms with Gasteiger partial charge in [0, 0.05) is 5.41 Å². The van der Waals surface area contributed by atoms with E-state index in [2.05, 4.69) is 53.8 Å². The quantitative estimate of drug-likeness (QED) is 0.703. The Balaban J connectivity index is 4.72. The Kier molecular flexibility index (Phi) is 6.99. The third-order valence-electron chi connectivity index (χ3n) is 3.74. The van der Waals surface area contributed by atoms with Gasteiger partial charge in [-0.25, -0.2) is 0 Å². The predicted octanol–water partition coefficient (Wildman–Crippen LogP) is 3.65. The van der Waals surface area contributed by atoms with Gasteiger partial charge in [0.25, 0.3) is 0 Å². The van der Waals surface area contributed by atoms with Crippen molar-refractivity contribution in [2.45, 2.75) is 67.3 Å². The van der Waals surface area contributed by atoms with Crippen LogP contribution in [-0.4, -0.2) is 18.4 Å². The van der Waals surface area contributed by atoms with E-state index in [9.17, 15) is 4.79 Å². The predicted molar refractivity (Wildman–Crippen MR) is 75.2 cm³/mol. The van der Waals surface area contributed by atoms with Gasteiger partial charge in [-0.1, -0.05) is 48.5 Å². The summed E-state index contributed by atoms with van der Waals surface area (Å²) in [4.78, 5) is 12.6. The van der Waals surface area contributed by atoms with Gasteiger partial charge < -0.3 is 5.32 Å². The molecule has 2 nitrogen and oxygen atoms in total. The maximum absolute atomic E-state index is 12.6. The van der Waals surface area contributed by atoms with Gasteiger partial charge in [-0.3, -0.25) is 4.79 Å². The Hall–Kier alpha value is -0.370. The van der Waals surface area contributed by atoms with Gasteiger partial charge in [-0.05, 0) is 31.2 Å². The van der Waals surface area contributed by atoms with Gasteiger partial charge in [-0.2, -0.15) is 0 Å². The van der Waals surface area contributed by atoms with Gasteiger partial charge in [-0.15, -0.1) is 0 Å². The third kappa shape index (κ3) is 5.20. The molecule has 0 aliphatic heterocycles. The lowest BCUT2D eigenvalue weighted by molar-refractivity contribution is -0.131. The Morgan fingerprint density at radius 2 is 1.71 bits per heavy atom. The molecule has 0 rings (SSSR count). The molecule has 0 amide bonds. The number of carbonyl (C=O) groups is 1. The first kappa shape index (κ1) is 16.6. The Morgan fingerprint density at radius 1 is 1.18 bits per heavy atom. The van der Waals surface area contributed by atoms with E-state index in [-0.39, 0.29) is 11.5 Å². The van der Waals surface area contributed by atoms with E-state index >= 15 is 0 Å². The van der Waals surface area contributed by atoms with Crippen molar-refractivity contribution in [1.29, 1.82) is 0 Å². The Morgan fingerprint density at radius 3 is 2.06 bits per heavy atom. The fourth-order valence-electron chi connectivity index (χ4n) is 1.81. The van der Waals surface area contributed by atoms with Gasteiger partial charge in [0.2, 0.25) is 0 Å². The van der Waals surface area contributed by atoms with Crippen LogP contribution in [0.2, 0.25) is 0 Å². The highest BCUT2D eigenvalue weighted by atomic mass is 16.1. The standard InChI is InChI=1S/C15H31NO/c1-8-9-16-13(10-11(2)3)14(17)15(6,7)12(4)5/h11-13,16H,8-10H2,1-7H3/t13-/m1/s1. The summed E-state index contributed by atoms with van der Waals surface area (Å²) < 4.78 is 0. The van der Waals surface area contributed by atoms with Gasteiger partial charge in [0.05, 0.1) is 6.04 Å². The van der Waals surface area contributed by atoms with Crippen molar-refractivity contribution in [3.63, 3.8) is 0 Å². The molecule has 0 saturated carbocycles. The summed E-state index contributed by atoms with van der Waals surface area (Å²) in [6.45, 7) is 15.8. The van der Waals surface area contributed by atoms with Gasteiger partial charge >= 0.3 is 0 Å². The fourth-order valence-corrected chi connectivity index (χ4v) is 1.81. The molecule has 0 heterocycles. The zero-order valence-corrected chi connectivity index (χ0v) is 12.8. The molecular weight excluding hydrogens is 210 g/mol. The Labute approximate surface area is 108 Å². The molecule has 0 aliphatic carbocycles.